The third-order valence-corrected chi connectivity index (χ3v) is 5.46. The van der Waals surface area contributed by atoms with Crippen molar-refractivity contribution in [2.24, 2.45) is 0 Å². The second-order valence-electron chi connectivity index (χ2n) is 7.40. The van der Waals surface area contributed by atoms with Crippen molar-refractivity contribution in [3.05, 3.63) is 100 Å². The van der Waals surface area contributed by atoms with Gasteiger partial charge in [-0.05, 0) is 47.9 Å². The number of carbonyl (C=O) groups is 3. The summed E-state index contributed by atoms with van der Waals surface area (Å²) < 4.78 is 5.93. The lowest BCUT2D eigenvalue weighted by Gasteiger charge is -2.28. The van der Waals surface area contributed by atoms with E-state index in [1.807, 2.05) is 49.4 Å². The minimum atomic E-state index is -0.783. The predicted octanol–water partition coefficient (Wildman–Crippen LogP) is 5.15. The fourth-order valence-corrected chi connectivity index (χ4v) is 3.74. The Kier molecular flexibility index (Phi) is 6.56. The molecule has 1 aliphatic heterocycles. The number of benzene rings is 3. The first-order valence-electron chi connectivity index (χ1n) is 10.4. The highest BCUT2D eigenvalue weighted by molar-refractivity contribution is 6.39. The summed E-state index contributed by atoms with van der Waals surface area (Å²) in [7, 11) is 0. The van der Waals surface area contributed by atoms with Crippen LogP contribution in [0.3, 0.4) is 0 Å². The van der Waals surface area contributed by atoms with E-state index in [-0.39, 0.29) is 5.57 Å². The average molecular weight is 461 g/mol. The Morgan fingerprint density at radius 3 is 2.45 bits per heavy atom. The molecule has 0 unspecified atom stereocenters. The number of barbiturate groups is 1. The summed E-state index contributed by atoms with van der Waals surface area (Å²) in [5.41, 5.74) is 2.48. The minimum absolute atomic E-state index is 0.188. The van der Waals surface area contributed by atoms with E-state index in [4.69, 9.17) is 16.3 Å². The Balaban J connectivity index is 1.70. The van der Waals surface area contributed by atoms with E-state index in [0.717, 1.165) is 16.0 Å². The summed E-state index contributed by atoms with van der Waals surface area (Å²) in [5, 5.41) is 2.68. The van der Waals surface area contributed by atoms with Gasteiger partial charge in [0.25, 0.3) is 11.8 Å². The number of rotatable bonds is 6. The SMILES string of the molecule is CCc1ccccc1N1C(=O)NC(=O)/C(=C/c2cc(Cl)ccc2OCc2ccccc2)C1=O. The number of carbonyl (C=O) groups excluding carboxylic acids is 3. The fraction of sp³-hybridized carbons (Fsp3) is 0.115. The first kappa shape index (κ1) is 22.3. The molecule has 1 fully saturated rings. The van der Waals surface area contributed by atoms with E-state index in [9.17, 15) is 14.4 Å². The zero-order chi connectivity index (χ0) is 23.4. The molecule has 4 amide bonds. The second kappa shape index (κ2) is 9.71. The molecule has 1 heterocycles. The van der Waals surface area contributed by atoms with Gasteiger partial charge in [-0.25, -0.2) is 9.69 Å². The molecule has 1 saturated heterocycles. The number of urea groups is 1. The van der Waals surface area contributed by atoms with Gasteiger partial charge in [0.2, 0.25) is 0 Å². The lowest BCUT2D eigenvalue weighted by atomic mass is 10.0. The first-order chi connectivity index (χ1) is 16.0. The molecule has 3 aromatic rings. The number of ether oxygens (including phenoxy) is 1. The van der Waals surface area contributed by atoms with E-state index in [0.29, 0.717) is 35.1 Å². The van der Waals surface area contributed by atoms with Gasteiger partial charge in [-0.3, -0.25) is 14.9 Å². The van der Waals surface area contributed by atoms with Crippen molar-refractivity contribution < 1.29 is 19.1 Å². The van der Waals surface area contributed by atoms with Gasteiger partial charge in [0.15, 0.2) is 0 Å². The maximum absolute atomic E-state index is 13.3. The van der Waals surface area contributed by atoms with Crippen LogP contribution in [0.2, 0.25) is 5.02 Å². The average Bonchev–Trinajstić information content (AvgIpc) is 2.82. The van der Waals surface area contributed by atoms with Crippen molar-refractivity contribution in [3.8, 4) is 5.75 Å². The largest absolute Gasteiger partial charge is 0.488 e. The number of hydrogen-bond donors (Lipinski definition) is 1. The third kappa shape index (κ3) is 4.81. The van der Waals surface area contributed by atoms with E-state index in [1.54, 1.807) is 30.3 Å². The number of halogens is 1. The Morgan fingerprint density at radius 2 is 1.70 bits per heavy atom. The molecule has 1 aliphatic rings. The van der Waals surface area contributed by atoms with Crippen LogP contribution in [0.25, 0.3) is 6.08 Å². The summed E-state index contributed by atoms with van der Waals surface area (Å²) in [4.78, 5) is 39.5. The summed E-state index contributed by atoms with van der Waals surface area (Å²) in [5.74, 6) is -1.03. The van der Waals surface area contributed by atoms with E-state index in [1.165, 1.54) is 6.08 Å². The third-order valence-electron chi connectivity index (χ3n) is 5.22. The number of imide groups is 2. The molecule has 0 saturated carbocycles. The van der Waals surface area contributed by atoms with E-state index in [2.05, 4.69) is 5.32 Å². The summed E-state index contributed by atoms with van der Waals surface area (Å²) in [6.45, 7) is 2.22. The van der Waals surface area contributed by atoms with Crippen LogP contribution in [0.4, 0.5) is 10.5 Å². The van der Waals surface area contributed by atoms with Gasteiger partial charge >= 0.3 is 6.03 Å². The molecular formula is C26H21ClN2O4. The minimum Gasteiger partial charge on any atom is -0.488 e. The summed E-state index contributed by atoms with van der Waals surface area (Å²) in [6, 6.07) is 20.9. The highest BCUT2D eigenvalue weighted by Gasteiger charge is 2.37. The maximum atomic E-state index is 13.3. The summed E-state index contributed by atoms with van der Waals surface area (Å²) in [6.07, 6.45) is 2.02. The van der Waals surface area contributed by atoms with Gasteiger partial charge in [-0.15, -0.1) is 0 Å². The molecule has 6 nitrogen and oxygen atoms in total. The zero-order valence-electron chi connectivity index (χ0n) is 17.9. The van der Waals surface area contributed by atoms with Crippen molar-refractivity contribution in [1.82, 2.24) is 5.32 Å². The zero-order valence-corrected chi connectivity index (χ0v) is 18.6. The van der Waals surface area contributed by atoms with Gasteiger partial charge < -0.3 is 4.74 Å². The molecule has 1 N–H and O–H groups in total. The lowest BCUT2D eigenvalue weighted by molar-refractivity contribution is -0.122. The Hall–Kier alpha value is -3.90. The van der Waals surface area contributed by atoms with E-state index >= 15 is 0 Å². The van der Waals surface area contributed by atoms with Crippen LogP contribution in [-0.4, -0.2) is 17.8 Å². The molecule has 33 heavy (non-hydrogen) atoms. The van der Waals surface area contributed by atoms with Crippen LogP contribution in [0.15, 0.2) is 78.4 Å². The van der Waals surface area contributed by atoms with Gasteiger partial charge in [0, 0.05) is 10.6 Å². The predicted molar refractivity (Wildman–Crippen MR) is 127 cm³/mol. The monoisotopic (exact) mass is 460 g/mol. The number of anilines is 1. The Labute approximate surface area is 196 Å². The standard InChI is InChI=1S/C26H21ClN2O4/c1-2-18-10-6-7-11-22(18)29-25(31)21(24(30)28-26(29)32)15-19-14-20(27)12-13-23(19)33-16-17-8-4-3-5-9-17/h3-15H,2,16H2,1H3,(H,28,30,32)/b21-15-. The molecule has 0 spiro atoms. The number of hydrogen-bond acceptors (Lipinski definition) is 4. The highest BCUT2D eigenvalue weighted by atomic mass is 35.5. The number of amides is 4. The van der Waals surface area contributed by atoms with Crippen LogP contribution in [-0.2, 0) is 22.6 Å². The molecule has 3 aromatic carbocycles. The molecule has 0 aliphatic carbocycles. The molecule has 0 radical (unpaired) electrons. The second-order valence-corrected chi connectivity index (χ2v) is 7.83. The van der Waals surface area contributed by atoms with Crippen LogP contribution in [0, 0.1) is 0 Å². The van der Waals surface area contributed by atoms with Crippen LogP contribution < -0.4 is 15.0 Å². The number of nitrogens with zero attached hydrogens (tertiary/aromatic N) is 1. The van der Waals surface area contributed by atoms with Gasteiger partial charge in [0.05, 0.1) is 5.69 Å². The molecule has 0 atom stereocenters. The maximum Gasteiger partial charge on any atom is 0.335 e. The normalized spacial score (nSPS) is 15.0. The quantitative estimate of drug-likeness (QED) is 0.408. The smallest absolute Gasteiger partial charge is 0.335 e. The highest BCUT2D eigenvalue weighted by Crippen LogP contribution is 2.29. The van der Waals surface area contributed by atoms with Crippen molar-refractivity contribution in [3.63, 3.8) is 0 Å². The van der Waals surface area contributed by atoms with Crippen LogP contribution in [0.5, 0.6) is 5.75 Å². The Bertz CT molecular complexity index is 1250. The first-order valence-corrected chi connectivity index (χ1v) is 10.8. The lowest BCUT2D eigenvalue weighted by Crippen LogP contribution is -2.54. The molecule has 166 valence electrons. The molecule has 4 rings (SSSR count). The van der Waals surface area contributed by atoms with Gasteiger partial charge in [-0.2, -0.15) is 0 Å². The summed E-state index contributed by atoms with van der Waals surface area (Å²) >= 11 is 6.18. The Morgan fingerprint density at radius 1 is 0.970 bits per heavy atom. The number of nitrogens with one attached hydrogen (secondary N) is 1. The molecule has 0 aromatic heterocycles. The topological polar surface area (TPSA) is 75.7 Å². The van der Waals surface area contributed by atoms with Crippen molar-refractivity contribution in [1.29, 1.82) is 0 Å². The van der Waals surface area contributed by atoms with Crippen LogP contribution in [0.1, 0.15) is 23.6 Å². The van der Waals surface area contributed by atoms with Crippen molar-refractivity contribution in [2.45, 2.75) is 20.0 Å². The van der Waals surface area contributed by atoms with Gasteiger partial charge in [0.1, 0.15) is 17.9 Å². The molecule has 7 heteroatoms. The molecule has 0 bridgehead atoms. The van der Waals surface area contributed by atoms with Gasteiger partial charge in [-0.1, -0.05) is 67.1 Å². The van der Waals surface area contributed by atoms with E-state index < -0.39 is 17.8 Å². The number of aryl methyl sites for hydroxylation is 1. The van der Waals surface area contributed by atoms with Crippen molar-refractivity contribution in [2.75, 3.05) is 4.90 Å². The van der Waals surface area contributed by atoms with Crippen LogP contribution >= 0.6 is 11.6 Å². The molecular weight excluding hydrogens is 440 g/mol. The number of para-hydroxylation sites is 1. The fourth-order valence-electron chi connectivity index (χ4n) is 3.56. The van der Waals surface area contributed by atoms with Crippen molar-refractivity contribution >= 4 is 41.2 Å².